The molecule has 0 saturated carbocycles. The third-order valence-corrected chi connectivity index (χ3v) is 21.9. The van der Waals surface area contributed by atoms with Gasteiger partial charge in [0.15, 0.2) is 12.2 Å². The Morgan fingerprint density at radius 3 is 0.654 bits per heavy atom. The molecular weight excluding hydrogens is 1350 g/mol. The number of rotatable bonds is 85. The smallest absolute Gasteiger partial charge is 0.462 e. The molecule has 0 spiro atoms. The lowest BCUT2D eigenvalue weighted by atomic mass is 10.0. The Labute approximate surface area is 638 Å². The number of carbonyl (C=O) groups excluding carboxylic acids is 4. The van der Waals surface area contributed by atoms with E-state index in [4.69, 9.17) is 37.0 Å². The van der Waals surface area contributed by atoms with E-state index in [1.54, 1.807) is 0 Å². The Balaban J connectivity index is 5.25. The van der Waals surface area contributed by atoms with E-state index in [0.29, 0.717) is 25.7 Å². The molecule has 19 heteroatoms. The normalized spacial score (nSPS) is 13.8. The number of carbonyl (C=O) groups is 4. The molecule has 0 aliphatic heterocycles. The topological polar surface area (TPSA) is 237 Å². The second-order valence-corrected chi connectivity index (χ2v) is 34.0. The van der Waals surface area contributed by atoms with Crippen molar-refractivity contribution in [1.82, 2.24) is 0 Å². The second-order valence-electron chi connectivity index (χ2n) is 31.1. The first-order valence-corrected chi connectivity index (χ1v) is 47.1. The van der Waals surface area contributed by atoms with Gasteiger partial charge in [0.1, 0.15) is 19.3 Å². The van der Waals surface area contributed by atoms with Crippen LogP contribution in [0.1, 0.15) is 458 Å². The molecule has 104 heavy (non-hydrogen) atoms. The van der Waals surface area contributed by atoms with Gasteiger partial charge in [-0.3, -0.25) is 37.3 Å². The van der Waals surface area contributed by atoms with Crippen molar-refractivity contribution in [3.63, 3.8) is 0 Å². The first kappa shape index (κ1) is 102. The maximum absolute atomic E-state index is 13.1. The van der Waals surface area contributed by atoms with Gasteiger partial charge in [-0.05, 0) is 31.6 Å². The average Bonchev–Trinajstić information content (AvgIpc) is 0.903. The van der Waals surface area contributed by atoms with Gasteiger partial charge >= 0.3 is 39.5 Å². The van der Waals surface area contributed by atoms with E-state index in [1.807, 2.05) is 0 Å². The lowest BCUT2D eigenvalue weighted by Crippen LogP contribution is -2.30. The Hall–Kier alpha value is -1.94. The minimum absolute atomic E-state index is 0.108. The first-order valence-electron chi connectivity index (χ1n) is 44.1. The van der Waals surface area contributed by atoms with Crippen LogP contribution in [-0.4, -0.2) is 96.7 Å². The SMILES string of the molecule is CCCCCCCCCCCCCCCCCCCCCC(=O)O[C@H](COC(=O)CCCCCCCCCCCCCCCCCCCC)COP(=O)(O)OC[C@@H](O)COP(=O)(O)OC[C@@H](COC(=O)CCCCCCCCCCCCCC)OC(=O)CCCCCCCCCCCCCCC(C)C. The molecule has 0 fully saturated rings. The Morgan fingerprint density at radius 2 is 0.442 bits per heavy atom. The van der Waals surface area contributed by atoms with Crippen molar-refractivity contribution in [2.24, 2.45) is 5.92 Å². The summed E-state index contributed by atoms with van der Waals surface area (Å²) in [5.41, 5.74) is 0. The Bertz CT molecular complexity index is 1980. The van der Waals surface area contributed by atoms with Crippen LogP contribution in [0, 0.1) is 5.92 Å². The van der Waals surface area contributed by atoms with Crippen LogP contribution in [0.2, 0.25) is 0 Å². The minimum Gasteiger partial charge on any atom is -0.462 e. The van der Waals surface area contributed by atoms with Crippen molar-refractivity contribution in [2.75, 3.05) is 39.6 Å². The van der Waals surface area contributed by atoms with Crippen molar-refractivity contribution in [3.05, 3.63) is 0 Å². The molecule has 0 bridgehead atoms. The monoisotopic (exact) mass is 1520 g/mol. The molecule has 618 valence electrons. The van der Waals surface area contributed by atoms with Crippen LogP contribution in [0.25, 0.3) is 0 Å². The van der Waals surface area contributed by atoms with Crippen molar-refractivity contribution in [2.45, 2.75) is 477 Å². The summed E-state index contributed by atoms with van der Waals surface area (Å²) in [6, 6.07) is 0. The highest BCUT2D eigenvalue weighted by Crippen LogP contribution is 2.45. The zero-order valence-electron chi connectivity index (χ0n) is 68.2. The van der Waals surface area contributed by atoms with Gasteiger partial charge in [-0.25, -0.2) is 9.13 Å². The summed E-state index contributed by atoms with van der Waals surface area (Å²) >= 11 is 0. The van der Waals surface area contributed by atoms with E-state index >= 15 is 0 Å². The molecule has 0 aliphatic rings. The quantitative estimate of drug-likeness (QED) is 0.0222. The van der Waals surface area contributed by atoms with Crippen LogP contribution in [0.4, 0.5) is 0 Å². The van der Waals surface area contributed by atoms with E-state index < -0.39 is 97.5 Å². The molecule has 0 aliphatic carbocycles. The zero-order valence-corrected chi connectivity index (χ0v) is 70.0. The standard InChI is InChI=1S/C85H166O17P2/c1-6-9-12-15-18-21-24-27-29-31-33-35-37-39-45-50-55-60-65-70-84(89)101-81(75-96-83(88)69-64-59-54-49-44-38-36-34-32-30-28-25-22-19-16-13-10-7-2)77-100-104(93,94)98-73-79(86)72-97-103(91,92)99-76-80(74-95-82(87)68-63-58-53-48-43-26-23-20-17-14-11-8-3)102-85(90)71-66-61-56-51-46-41-40-42-47-52-57-62-67-78(4)5/h78-81,86H,6-77H2,1-5H3,(H,91,92)(H,93,94)/t79-,80+,81+/m0/s1. The Morgan fingerprint density at radius 1 is 0.260 bits per heavy atom. The molecule has 3 N–H and O–H groups in total. The minimum atomic E-state index is -4.96. The van der Waals surface area contributed by atoms with Crippen molar-refractivity contribution < 1.29 is 80.2 Å². The maximum atomic E-state index is 13.1. The van der Waals surface area contributed by atoms with Crippen LogP contribution in [0.5, 0.6) is 0 Å². The van der Waals surface area contributed by atoms with E-state index in [0.717, 1.165) is 95.8 Å². The van der Waals surface area contributed by atoms with Gasteiger partial charge in [0.25, 0.3) is 0 Å². The maximum Gasteiger partial charge on any atom is 0.472 e. The molecule has 0 heterocycles. The largest absolute Gasteiger partial charge is 0.472 e. The van der Waals surface area contributed by atoms with Gasteiger partial charge in [0.05, 0.1) is 26.4 Å². The van der Waals surface area contributed by atoms with Crippen molar-refractivity contribution in [1.29, 1.82) is 0 Å². The number of hydrogen-bond acceptors (Lipinski definition) is 15. The zero-order chi connectivity index (χ0) is 76.2. The summed E-state index contributed by atoms with van der Waals surface area (Å²) in [4.78, 5) is 73.2. The van der Waals surface area contributed by atoms with Gasteiger partial charge in [0, 0.05) is 25.7 Å². The van der Waals surface area contributed by atoms with E-state index in [1.165, 1.54) is 283 Å². The molecule has 0 aromatic rings. The van der Waals surface area contributed by atoms with Crippen LogP contribution < -0.4 is 0 Å². The van der Waals surface area contributed by atoms with Gasteiger partial charge in [-0.15, -0.1) is 0 Å². The van der Waals surface area contributed by atoms with E-state index in [-0.39, 0.29) is 25.7 Å². The number of hydrogen-bond donors (Lipinski definition) is 3. The number of unbranched alkanes of at least 4 members (excludes halogenated alkanes) is 57. The summed E-state index contributed by atoms with van der Waals surface area (Å²) in [5.74, 6) is -1.32. The molecule has 0 rings (SSSR count). The number of ether oxygens (including phenoxy) is 4. The molecular formula is C85H166O17P2. The lowest BCUT2D eigenvalue weighted by Gasteiger charge is -2.21. The molecule has 0 amide bonds. The van der Waals surface area contributed by atoms with Crippen molar-refractivity contribution >= 4 is 39.5 Å². The summed E-state index contributed by atoms with van der Waals surface area (Å²) < 4.78 is 68.9. The number of phosphoric acid groups is 2. The number of aliphatic hydroxyl groups is 1. The molecule has 5 atom stereocenters. The summed E-state index contributed by atoms with van der Waals surface area (Å²) in [5, 5.41) is 10.7. The van der Waals surface area contributed by atoms with Crippen molar-refractivity contribution in [3.8, 4) is 0 Å². The molecule has 0 saturated heterocycles. The van der Waals surface area contributed by atoms with Crippen LogP contribution >= 0.6 is 15.6 Å². The van der Waals surface area contributed by atoms with Gasteiger partial charge in [-0.1, -0.05) is 407 Å². The number of phosphoric ester groups is 2. The third-order valence-electron chi connectivity index (χ3n) is 20.0. The van der Waals surface area contributed by atoms with Crippen LogP contribution in [-0.2, 0) is 65.4 Å². The fraction of sp³-hybridized carbons (Fsp3) is 0.953. The fourth-order valence-corrected chi connectivity index (χ4v) is 14.9. The molecule has 17 nitrogen and oxygen atoms in total. The lowest BCUT2D eigenvalue weighted by molar-refractivity contribution is -0.161. The predicted octanol–water partition coefficient (Wildman–Crippen LogP) is 26.0. The van der Waals surface area contributed by atoms with Gasteiger partial charge < -0.3 is 33.8 Å². The van der Waals surface area contributed by atoms with Crippen LogP contribution in [0.15, 0.2) is 0 Å². The molecule has 0 aromatic heterocycles. The highest BCUT2D eigenvalue weighted by Gasteiger charge is 2.30. The fourth-order valence-electron chi connectivity index (χ4n) is 13.3. The molecule has 0 radical (unpaired) electrons. The predicted molar refractivity (Wildman–Crippen MR) is 428 cm³/mol. The third kappa shape index (κ3) is 78.2. The van der Waals surface area contributed by atoms with E-state index in [9.17, 15) is 43.2 Å². The highest BCUT2D eigenvalue weighted by atomic mass is 31.2. The number of esters is 4. The summed E-state index contributed by atoms with van der Waals surface area (Å²) in [6.45, 7) is 7.37. The summed E-state index contributed by atoms with van der Waals surface area (Å²) in [6.07, 6.45) is 70.7. The molecule has 0 aromatic carbocycles. The number of aliphatic hydroxyl groups excluding tert-OH is 1. The van der Waals surface area contributed by atoms with E-state index in [2.05, 4.69) is 34.6 Å². The average molecular weight is 1520 g/mol. The second kappa shape index (κ2) is 77.8. The van der Waals surface area contributed by atoms with Crippen LogP contribution in [0.3, 0.4) is 0 Å². The first-order chi connectivity index (χ1) is 50.5. The Kier molecular flexibility index (Phi) is 76.3. The summed E-state index contributed by atoms with van der Waals surface area (Å²) in [7, 11) is -9.93. The molecule has 2 unspecified atom stereocenters. The van der Waals surface area contributed by atoms with Gasteiger partial charge in [-0.2, -0.15) is 0 Å². The van der Waals surface area contributed by atoms with Gasteiger partial charge in [0.2, 0.25) is 0 Å². The highest BCUT2D eigenvalue weighted by molar-refractivity contribution is 7.47.